The fourth-order valence-electron chi connectivity index (χ4n) is 3.75. The molecule has 3 aromatic heterocycles. The lowest BCUT2D eigenvalue weighted by molar-refractivity contribution is 0.185. The minimum atomic E-state index is -3.80. The lowest BCUT2D eigenvalue weighted by atomic mass is 10.1. The van der Waals surface area contributed by atoms with Crippen molar-refractivity contribution in [2.24, 2.45) is 0 Å². The maximum Gasteiger partial charge on any atom is 0.330 e. The molecule has 2 unspecified atom stereocenters. The van der Waals surface area contributed by atoms with Crippen molar-refractivity contribution in [3.63, 3.8) is 0 Å². The van der Waals surface area contributed by atoms with E-state index < -0.39 is 13.3 Å². The van der Waals surface area contributed by atoms with Gasteiger partial charge >= 0.3 is 13.3 Å². The van der Waals surface area contributed by atoms with E-state index in [9.17, 15) is 14.3 Å². The van der Waals surface area contributed by atoms with Crippen molar-refractivity contribution < 1.29 is 18.7 Å². The molecule has 0 aromatic carbocycles. The van der Waals surface area contributed by atoms with Crippen molar-refractivity contribution in [1.82, 2.24) is 24.1 Å². The van der Waals surface area contributed by atoms with Crippen molar-refractivity contribution >= 4 is 36.3 Å². The Morgan fingerprint density at radius 2 is 2.00 bits per heavy atom. The number of fused-ring (bicyclic) bond motifs is 1. The number of hydrogen-bond donors (Lipinski definition) is 2. The average molecular weight is 513 g/mol. The molecule has 3 N–H and O–H groups in total. The van der Waals surface area contributed by atoms with Crippen LogP contribution in [0.5, 0.6) is 5.75 Å². The number of methoxy groups -OCH3 is 1. The van der Waals surface area contributed by atoms with Gasteiger partial charge in [0.15, 0.2) is 10.8 Å². The Morgan fingerprint density at radius 3 is 2.65 bits per heavy atom. The number of imidazole rings is 1. The Hall–Kier alpha value is -2.46. The summed E-state index contributed by atoms with van der Waals surface area (Å²) in [5.41, 5.74) is 8.25. The molecule has 0 aliphatic rings. The van der Waals surface area contributed by atoms with Gasteiger partial charge in [-0.2, -0.15) is 9.97 Å². The first-order valence-corrected chi connectivity index (χ1v) is 13.0. The van der Waals surface area contributed by atoms with Gasteiger partial charge in [-0.15, -0.1) is 0 Å². The zero-order valence-electron chi connectivity index (χ0n) is 19.9. The van der Waals surface area contributed by atoms with Gasteiger partial charge in [0.25, 0.3) is 0 Å². The molecule has 3 aromatic rings. The summed E-state index contributed by atoms with van der Waals surface area (Å²) < 4.78 is 25.9. The highest BCUT2D eigenvalue weighted by Crippen LogP contribution is 2.44. The summed E-state index contributed by atoms with van der Waals surface area (Å²) in [4.78, 5) is 36.2. The van der Waals surface area contributed by atoms with E-state index in [1.54, 1.807) is 20.2 Å². The minimum Gasteiger partial charge on any atom is -0.496 e. The fraction of sp³-hybridized carbons (Fsp3) is 0.524. The molecule has 0 spiro atoms. The first-order valence-electron chi connectivity index (χ1n) is 10.9. The molecule has 0 aliphatic carbocycles. The summed E-state index contributed by atoms with van der Waals surface area (Å²) in [6.07, 6.45) is 2.05. The van der Waals surface area contributed by atoms with Crippen LogP contribution in [0.15, 0.2) is 11.0 Å². The van der Waals surface area contributed by atoms with Crippen LogP contribution < -0.4 is 16.2 Å². The van der Waals surface area contributed by atoms with Crippen molar-refractivity contribution in [2.75, 3.05) is 19.0 Å². The predicted molar refractivity (Wildman–Crippen MR) is 131 cm³/mol. The second-order valence-electron chi connectivity index (χ2n) is 8.15. The largest absolute Gasteiger partial charge is 0.496 e. The van der Waals surface area contributed by atoms with E-state index in [0.717, 1.165) is 11.1 Å². The molecule has 0 fully saturated rings. The van der Waals surface area contributed by atoms with E-state index in [1.165, 1.54) is 9.13 Å². The Kier molecular flexibility index (Phi) is 8.02. The van der Waals surface area contributed by atoms with Crippen LogP contribution in [0.2, 0.25) is 5.15 Å². The van der Waals surface area contributed by atoms with Crippen LogP contribution in [-0.2, 0) is 22.2 Å². The molecule has 34 heavy (non-hydrogen) atoms. The molecule has 0 saturated carbocycles. The number of aryl methyl sites for hydroxylation is 2. The maximum atomic E-state index is 13.4. The topological polar surface area (TPSA) is 147 Å². The Bertz CT molecular complexity index is 1310. The number of nitrogens with two attached hydrogens (primary N) is 1. The molecule has 0 radical (unpaired) electrons. The van der Waals surface area contributed by atoms with Crippen LogP contribution in [0.1, 0.15) is 43.5 Å². The van der Waals surface area contributed by atoms with Gasteiger partial charge in [0.1, 0.15) is 11.3 Å². The van der Waals surface area contributed by atoms with Crippen molar-refractivity contribution in [3.8, 4) is 5.75 Å². The second-order valence-corrected chi connectivity index (χ2v) is 10.4. The lowest BCUT2D eigenvalue weighted by Gasteiger charge is -2.16. The predicted octanol–water partition coefficient (Wildman–Crippen LogP) is 3.29. The van der Waals surface area contributed by atoms with Gasteiger partial charge < -0.3 is 19.9 Å². The molecule has 11 nitrogen and oxygen atoms in total. The van der Waals surface area contributed by atoms with E-state index in [0.29, 0.717) is 23.4 Å². The molecule has 3 rings (SSSR count). The van der Waals surface area contributed by atoms with E-state index >= 15 is 0 Å². The van der Waals surface area contributed by atoms with Gasteiger partial charge in [0.05, 0.1) is 31.6 Å². The molecule has 0 bridgehead atoms. The van der Waals surface area contributed by atoms with Gasteiger partial charge in [-0.3, -0.25) is 18.7 Å². The molecular formula is C21H30ClN6O5P. The van der Waals surface area contributed by atoms with E-state index in [-0.39, 0.29) is 48.5 Å². The zero-order chi connectivity index (χ0) is 25.2. The first-order chi connectivity index (χ1) is 16.0. The number of rotatable bonds is 10. The number of halogens is 1. The van der Waals surface area contributed by atoms with Crippen LogP contribution in [-0.4, -0.2) is 48.4 Å². The van der Waals surface area contributed by atoms with Crippen LogP contribution in [0, 0.1) is 13.8 Å². The Morgan fingerprint density at radius 1 is 1.29 bits per heavy atom. The zero-order valence-corrected chi connectivity index (χ0v) is 21.6. The molecule has 3 heterocycles. The molecule has 186 valence electrons. The number of pyridine rings is 1. The summed E-state index contributed by atoms with van der Waals surface area (Å²) in [6, 6.07) is 0. The van der Waals surface area contributed by atoms with Crippen molar-refractivity contribution in [2.45, 2.75) is 59.7 Å². The molecule has 0 aliphatic heterocycles. The Labute approximate surface area is 202 Å². The third-order valence-corrected chi connectivity index (χ3v) is 7.46. The van der Waals surface area contributed by atoms with E-state index in [1.807, 2.05) is 20.8 Å². The quantitative estimate of drug-likeness (QED) is 0.308. The third kappa shape index (κ3) is 5.43. The van der Waals surface area contributed by atoms with Crippen molar-refractivity contribution in [3.05, 3.63) is 38.7 Å². The smallest absolute Gasteiger partial charge is 0.330 e. The van der Waals surface area contributed by atoms with Gasteiger partial charge in [0.2, 0.25) is 5.95 Å². The number of hydrogen-bond acceptors (Lipinski definition) is 8. The van der Waals surface area contributed by atoms with Gasteiger partial charge in [0, 0.05) is 23.9 Å². The maximum absolute atomic E-state index is 13.4. The number of nitrogens with zero attached hydrogens (tertiary/aromatic N) is 5. The highest BCUT2D eigenvalue weighted by atomic mass is 35.5. The van der Waals surface area contributed by atoms with Crippen LogP contribution in [0.25, 0.3) is 11.2 Å². The highest BCUT2D eigenvalue weighted by Gasteiger charge is 2.24. The van der Waals surface area contributed by atoms with Crippen LogP contribution in [0.4, 0.5) is 5.95 Å². The van der Waals surface area contributed by atoms with E-state index in [2.05, 4.69) is 15.0 Å². The summed E-state index contributed by atoms with van der Waals surface area (Å²) in [5.74, 6) is 0.616. The first kappa shape index (κ1) is 26.2. The monoisotopic (exact) mass is 512 g/mol. The Balaban J connectivity index is 1.99. The minimum absolute atomic E-state index is 0.0209. The van der Waals surface area contributed by atoms with Crippen molar-refractivity contribution in [1.29, 1.82) is 0 Å². The molecule has 0 saturated heterocycles. The normalized spacial score (nSPS) is 14.3. The van der Waals surface area contributed by atoms with Gasteiger partial charge in [-0.25, -0.2) is 4.79 Å². The average Bonchev–Trinajstić information content (AvgIpc) is 3.01. The second kappa shape index (κ2) is 10.4. The number of ether oxygens (including phenoxy) is 1. The molecule has 2 atom stereocenters. The van der Waals surface area contributed by atoms with Crippen LogP contribution >= 0.6 is 19.2 Å². The fourth-order valence-corrected chi connectivity index (χ4v) is 5.38. The lowest BCUT2D eigenvalue weighted by Crippen LogP contribution is -2.26. The summed E-state index contributed by atoms with van der Waals surface area (Å²) >= 11 is 6.34. The molecule has 0 amide bonds. The third-order valence-electron chi connectivity index (χ3n) is 5.63. The van der Waals surface area contributed by atoms with Gasteiger partial charge in [-0.1, -0.05) is 18.5 Å². The number of anilines is 1. The SMILES string of the molecule is CCC(C)OP(=O)(O)CCCn1c(=O)n(Cc2ncc(C)c(OC)c2C)c2nc(N)nc(Cl)c21. The van der Waals surface area contributed by atoms with Crippen LogP contribution in [0.3, 0.4) is 0 Å². The summed E-state index contributed by atoms with van der Waals surface area (Å²) in [6.45, 7) is 7.58. The van der Waals surface area contributed by atoms with Gasteiger partial charge in [-0.05, 0) is 33.6 Å². The standard InChI is InChI=1S/C21H30ClN6O5P/c1-6-13(3)33-34(30,31)9-7-8-27-16-18(22)25-20(23)26-19(16)28(21(27)29)11-15-14(4)17(32-5)12(2)10-24-15/h10,13H,6-9,11H2,1-5H3,(H,30,31)(H2,23,25,26). The molecular weight excluding hydrogens is 483 g/mol. The number of aromatic nitrogens is 5. The molecule has 13 heteroatoms. The highest BCUT2D eigenvalue weighted by molar-refractivity contribution is 7.52. The number of nitrogen functional groups attached to an aromatic ring is 1. The van der Waals surface area contributed by atoms with E-state index in [4.69, 9.17) is 26.6 Å². The summed E-state index contributed by atoms with van der Waals surface area (Å²) in [5, 5.41) is 0.0209. The summed E-state index contributed by atoms with van der Waals surface area (Å²) in [7, 11) is -2.22.